The molecule has 0 spiro atoms. The summed E-state index contributed by atoms with van der Waals surface area (Å²) in [6.07, 6.45) is 8.75. The average molecular weight is 446 g/mol. The lowest BCUT2D eigenvalue weighted by molar-refractivity contribution is 0.0735. The molecule has 32 heavy (non-hydrogen) atoms. The van der Waals surface area contributed by atoms with E-state index < -0.39 is 0 Å². The SMILES string of the molecule is O=C(c1ccc2c(=O)n(CCC3=CCCCC3)c(=S)[nH]c2c1)N1CCc2ccccc2C1. The summed E-state index contributed by atoms with van der Waals surface area (Å²) < 4.78 is 2.06. The minimum atomic E-state index is -0.0916. The van der Waals surface area contributed by atoms with Crippen molar-refractivity contribution >= 4 is 29.0 Å². The maximum atomic E-state index is 13.2. The second kappa shape index (κ2) is 8.87. The van der Waals surface area contributed by atoms with Gasteiger partial charge in [-0.1, -0.05) is 35.9 Å². The van der Waals surface area contributed by atoms with Gasteiger partial charge in [0.15, 0.2) is 4.77 Å². The van der Waals surface area contributed by atoms with Crippen LogP contribution in [0.1, 0.15) is 53.6 Å². The summed E-state index contributed by atoms with van der Waals surface area (Å²) in [7, 11) is 0. The number of allylic oxidation sites excluding steroid dienone is 2. The van der Waals surface area contributed by atoms with Crippen LogP contribution in [0.15, 0.2) is 58.9 Å². The van der Waals surface area contributed by atoms with E-state index in [0.29, 0.717) is 40.9 Å². The highest BCUT2D eigenvalue weighted by Gasteiger charge is 2.22. The molecule has 1 amide bonds. The molecule has 2 heterocycles. The highest BCUT2D eigenvalue weighted by Crippen LogP contribution is 2.22. The van der Waals surface area contributed by atoms with Crippen LogP contribution < -0.4 is 5.56 Å². The van der Waals surface area contributed by atoms with Gasteiger partial charge in [0.1, 0.15) is 0 Å². The van der Waals surface area contributed by atoms with Gasteiger partial charge >= 0.3 is 0 Å². The molecule has 0 atom stereocenters. The molecule has 1 aliphatic heterocycles. The van der Waals surface area contributed by atoms with Gasteiger partial charge in [0.05, 0.1) is 10.9 Å². The van der Waals surface area contributed by atoms with Crippen LogP contribution in [0.25, 0.3) is 10.9 Å². The van der Waals surface area contributed by atoms with E-state index in [1.54, 1.807) is 22.8 Å². The van der Waals surface area contributed by atoms with Crippen molar-refractivity contribution in [2.24, 2.45) is 0 Å². The number of aromatic nitrogens is 2. The first kappa shape index (κ1) is 20.9. The molecular formula is C26H27N3O2S. The van der Waals surface area contributed by atoms with E-state index in [0.717, 1.165) is 25.7 Å². The Labute approximate surface area is 192 Å². The minimum absolute atomic E-state index is 0.0193. The molecule has 1 aromatic heterocycles. The standard InChI is InChI=1S/C26H27N3O2S/c30-24(28-14-13-19-8-4-5-9-21(19)17-28)20-10-11-22-23(16-20)27-26(32)29(25(22)31)15-12-18-6-2-1-3-7-18/h4-6,8-11,16H,1-3,7,12-15,17H2,(H,27,32). The lowest BCUT2D eigenvalue weighted by Gasteiger charge is -2.29. The highest BCUT2D eigenvalue weighted by molar-refractivity contribution is 7.71. The van der Waals surface area contributed by atoms with Gasteiger partial charge in [-0.3, -0.25) is 14.2 Å². The first-order valence-electron chi connectivity index (χ1n) is 11.4. The molecule has 1 aliphatic carbocycles. The van der Waals surface area contributed by atoms with Gasteiger partial charge in [0.2, 0.25) is 0 Å². The molecule has 5 nitrogen and oxygen atoms in total. The number of hydrogen-bond acceptors (Lipinski definition) is 3. The number of hydrogen-bond donors (Lipinski definition) is 1. The van der Waals surface area contributed by atoms with Gasteiger partial charge < -0.3 is 9.88 Å². The molecule has 0 radical (unpaired) electrons. The average Bonchev–Trinajstić information content (AvgIpc) is 2.83. The van der Waals surface area contributed by atoms with E-state index in [4.69, 9.17) is 12.2 Å². The number of amides is 1. The predicted molar refractivity (Wildman–Crippen MR) is 129 cm³/mol. The second-order valence-corrected chi connectivity index (χ2v) is 9.14. The van der Waals surface area contributed by atoms with Crippen molar-refractivity contribution in [3.63, 3.8) is 0 Å². The summed E-state index contributed by atoms with van der Waals surface area (Å²) >= 11 is 5.50. The number of fused-ring (bicyclic) bond motifs is 2. The summed E-state index contributed by atoms with van der Waals surface area (Å²) in [6, 6.07) is 13.5. The molecule has 0 saturated heterocycles. The maximum absolute atomic E-state index is 13.2. The lowest BCUT2D eigenvalue weighted by Crippen LogP contribution is -2.36. The summed E-state index contributed by atoms with van der Waals surface area (Å²) in [5.41, 5.74) is 5.03. The van der Waals surface area contributed by atoms with Gasteiger partial charge in [0.25, 0.3) is 11.5 Å². The fourth-order valence-corrected chi connectivity index (χ4v) is 5.11. The summed E-state index contributed by atoms with van der Waals surface area (Å²) in [5, 5.41) is 0.566. The zero-order valence-electron chi connectivity index (χ0n) is 18.1. The number of nitrogens with zero attached hydrogens (tertiary/aromatic N) is 2. The predicted octanol–water partition coefficient (Wildman–Crippen LogP) is 5.15. The smallest absolute Gasteiger partial charge is 0.262 e. The van der Waals surface area contributed by atoms with E-state index in [2.05, 4.69) is 23.2 Å². The second-order valence-electron chi connectivity index (χ2n) is 8.75. The number of H-pyrrole nitrogens is 1. The van der Waals surface area contributed by atoms with Crippen molar-refractivity contribution in [3.05, 3.63) is 85.9 Å². The molecule has 0 saturated carbocycles. The van der Waals surface area contributed by atoms with E-state index in [9.17, 15) is 9.59 Å². The topological polar surface area (TPSA) is 58.1 Å². The third-order valence-corrected chi connectivity index (χ3v) is 7.01. The summed E-state index contributed by atoms with van der Waals surface area (Å²) in [6.45, 7) is 1.89. The van der Waals surface area contributed by atoms with Crippen LogP contribution in [0.4, 0.5) is 0 Å². The third-order valence-electron chi connectivity index (χ3n) is 6.69. The van der Waals surface area contributed by atoms with E-state index >= 15 is 0 Å². The first-order chi connectivity index (χ1) is 15.6. The van der Waals surface area contributed by atoms with Crippen LogP contribution >= 0.6 is 12.2 Å². The Bertz CT molecular complexity index is 1330. The Morgan fingerprint density at radius 1 is 1.06 bits per heavy atom. The molecule has 1 N–H and O–H groups in total. The largest absolute Gasteiger partial charge is 0.334 e. The Kier molecular flexibility index (Phi) is 5.79. The number of aromatic amines is 1. The molecule has 2 aromatic carbocycles. The van der Waals surface area contributed by atoms with Crippen LogP contribution in [-0.4, -0.2) is 26.9 Å². The number of nitrogens with one attached hydrogen (secondary N) is 1. The van der Waals surface area contributed by atoms with Crippen LogP contribution in [0, 0.1) is 4.77 Å². The summed E-state index contributed by atoms with van der Waals surface area (Å²) in [4.78, 5) is 31.3. The minimum Gasteiger partial charge on any atom is -0.334 e. The van der Waals surface area contributed by atoms with E-state index in [1.807, 2.05) is 17.0 Å². The van der Waals surface area contributed by atoms with Crippen molar-refractivity contribution in [1.82, 2.24) is 14.5 Å². The third kappa shape index (κ3) is 4.07. The molecule has 2 aliphatic rings. The zero-order valence-corrected chi connectivity index (χ0v) is 18.9. The van der Waals surface area contributed by atoms with Gasteiger partial charge in [-0.25, -0.2) is 0 Å². The quantitative estimate of drug-likeness (QED) is 0.446. The Balaban J connectivity index is 1.39. The highest BCUT2D eigenvalue weighted by atomic mass is 32.1. The molecule has 3 aromatic rings. The fraction of sp³-hybridized carbons (Fsp3) is 0.346. The fourth-order valence-electron chi connectivity index (χ4n) is 4.83. The van der Waals surface area contributed by atoms with Crippen molar-refractivity contribution in [2.45, 2.75) is 51.6 Å². The van der Waals surface area contributed by atoms with Crippen molar-refractivity contribution in [1.29, 1.82) is 0 Å². The van der Waals surface area contributed by atoms with Crippen LogP contribution in [0.2, 0.25) is 0 Å². The molecule has 6 heteroatoms. The van der Waals surface area contributed by atoms with Gasteiger partial charge in [0, 0.05) is 25.2 Å². The zero-order chi connectivity index (χ0) is 22.1. The van der Waals surface area contributed by atoms with Crippen molar-refractivity contribution in [2.75, 3.05) is 6.54 Å². The molecule has 0 bridgehead atoms. The lowest BCUT2D eigenvalue weighted by atomic mass is 9.97. The normalized spacial score (nSPS) is 16.0. The monoisotopic (exact) mass is 445 g/mol. The Morgan fingerprint density at radius 2 is 1.91 bits per heavy atom. The Morgan fingerprint density at radius 3 is 2.72 bits per heavy atom. The molecule has 5 rings (SSSR count). The van der Waals surface area contributed by atoms with Crippen molar-refractivity contribution in [3.8, 4) is 0 Å². The number of rotatable bonds is 4. The van der Waals surface area contributed by atoms with E-state index in [-0.39, 0.29) is 11.5 Å². The van der Waals surface area contributed by atoms with Gasteiger partial charge in [-0.05, 0) is 80.1 Å². The molecule has 164 valence electrons. The first-order valence-corrected chi connectivity index (χ1v) is 11.8. The number of benzene rings is 2. The Hall–Kier alpha value is -2.99. The van der Waals surface area contributed by atoms with E-state index in [1.165, 1.54) is 29.5 Å². The number of carbonyl (C=O) groups is 1. The molecule has 0 unspecified atom stereocenters. The number of carbonyl (C=O) groups excluding carboxylic acids is 1. The van der Waals surface area contributed by atoms with Gasteiger partial charge in [-0.2, -0.15) is 0 Å². The van der Waals surface area contributed by atoms with Crippen LogP contribution in [0.3, 0.4) is 0 Å². The van der Waals surface area contributed by atoms with Crippen LogP contribution in [-0.2, 0) is 19.5 Å². The van der Waals surface area contributed by atoms with Gasteiger partial charge in [-0.15, -0.1) is 0 Å². The molecule has 0 fully saturated rings. The maximum Gasteiger partial charge on any atom is 0.262 e. The van der Waals surface area contributed by atoms with Crippen LogP contribution in [0.5, 0.6) is 0 Å². The van der Waals surface area contributed by atoms with Crippen molar-refractivity contribution < 1.29 is 4.79 Å². The molecular weight excluding hydrogens is 418 g/mol. The summed E-state index contributed by atoms with van der Waals surface area (Å²) in [5.74, 6) is -0.0193.